The molecule has 1 atom stereocenters. The van der Waals surface area contributed by atoms with Gasteiger partial charge in [0.25, 0.3) is 0 Å². The number of carbonyl (C=O) groups excluding carboxylic acids is 3. The Labute approximate surface area is 432 Å². The summed E-state index contributed by atoms with van der Waals surface area (Å²) in [5, 5.41) is 0. The zero-order chi connectivity index (χ0) is 50.7. The van der Waals surface area contributed by atoms with E-state index in [2.05, 4.69) is 118 Å². The second kappa shape index (κ2) is 57.9. The van der Waals surface area contributed by atoms with Gasteiger partial charge in [0.2, 0.25) is 0 Å². The van der Waals surface area contributed by atoms with Gasteiger partial charge >= 0.3 is 17.9 Å². The van der Waals surface area contributed by atoms with E-state index in [0.717, 1.165) is 103 Å². The largest absolute Gasteiger partial charge is 0.462 e. The Hall–Kier alpha value is -3.67. The van der Waals surface area contributed by atoms with E-state index in [1.807, 2.05) is 0 Å². The molecular weight excluding hydrogens is 865 g/mol. The molecule has 0 aliphatic heterocycles. The van der Waals surface area contributed by atoms with Crippen LogP contribution in [0.1, 0.15) is 271 Å². The highest BCUT2D eigenvalue weighted by Crippen LogP contribution is 2.16. The summed E-state index contributed by atoms with van der Waals surface area (Å²) in [5.74, 6) is -0.932. The summed E-state index contributed by atoms with van der Waals surface area (Å²) < 4.78 is 16.8. The standard InChI is InChI=1S/C64H108O6/c1-4-7-10-13-16-19-22-25-27-28-29-30-31-32-33-34-35-36-38-39-42-45-48-51-54-57-63(66)69-60-61(59-68-62(65)56-53-50-47-44-41-24-21-18-15-12-9-6-3)70-64(67)58-55-52-49-46-43-40-37-26-23-20-17-14-11-8-5-2/h7-8,10-11,16-17,19-20,25-27,29-30,37,43,46,61H,4-6,9,12-15,18,21-24,28,31-36,38-42,44-45,47-60H2,1-3H3/b10-7-,11-8-,19-16-,20-17-,27-25-,30-29-,37-26-,46-43-. The van der Waals surface area contributed by atoms with Gasteiger partial charge in [0.1, 0.15) is 13.2 Å². The van der Waals surface area contributed by atoms with Crippen LogP contribution < -0.4 is 0 Å². The lowest BCUT2D eigenvalue weighted by Gasteiger charge is -2.18. The van der Waals surface area contributed by atoms with Crippen LogP contribution in [0.5, 0.6) is 0 Å². The van der Waals surface area contributed by atoms with Crippen LogP contribution >= 0.6 is 0 Å². The zero-order valence-electron chi connectivity index (χ0n) is 45.8. The van der Waals surface area contributed by atoms with E-state index in [0.29, 0.717) is 19.3 Å². The summed E-state index contributed by atoms with van der Waals surface area (Å²) in [6.45, 7) is 6.38. The molecule has 0 radical (unpaired) electrons. The number of unbranched alkanes of at least 4 members (excludes halogenated alkanes) is 25. The molecule has 0 fully saturated rings. The van der Waals surface area contributed by atoms with Gasteiger partial charge in [0, 0.05) is 19.3 Å². The topological polar surface area (TPSA) is 78.9 Å². The monoisotopic (exact) mass is 973 g/mol. The Morgan fingerprint density at radius 1 is 0.300 bits per heavy atom. The van der Waals surface area contributed by atoms with Crippen molar-refractivity contribution in [1.82, 2.24) is 0 Å². The zero-order valence-corrected chi connectivity index (χ0v) is 45.8. The Morgan fingerprint density at radius 2 is 0.557 bits per heavy atom. The fourth-order valence-corrected chi connectivity index (χ4v) is 8.01. The molecule has 0 saturated carbocycles. The van der Waals surface area contributed by atoms with Crippen LogP contribution in [0.4, 0.5) is 0 Å². The molecule has 0 aromatic heterocycles. The van der Waals surface area contributed by atoms with Crippen molar-refractivity contribution in [2.24, 2.45) is 0 Å². The van der Waals surface area contributed by atoms with Crippen molar-refractivity contribution in [3.63, 3.8) is 0 Å². The van der Waals surface area contributed by atoms with Crippen LogP contribution in [0.3, 0.4) is 0 Å². The molecule has 400 valence electrons. The Morgan fingerprint density at radius 3 is 0.900 bits per heavy atom. The fraction of sp³-hybridized carbons (Fsp3) is 0.703. The summed E-state index contributed by atoms with van der Waals surface area (Å²) >= 11 is 0. The summed E-state index contributed by atoms with van der Waals surface area (Å²) in [6, 6.07) is 0. The van der Waals surface area contributed by atoms with Gasteiger partial charge < -0.3 is 14.2 Å². The molecule has 0 amide bonds. The first-order chi connectivity index (χ1) is 34.5. The van der Waals surface area contributed by atoms with Crippen molar-refractivity contribution in [3.05, 3.63) is 97.2 Å². The summed E-state index contributed by atoms with van der Waals surface area (Å²) in [7, 11) is 0. The van der Waals surface area contributed by atoms with E-state index in [-0.39, 0.29) is 37.5 Å². The first kappa shape index (κ1) is 66.3. The minimum absolute atomic E-state index is 0.0925. The van der Waals surface area contributed by atoms with Crippen molar-refractivity contribution in [2.75, 3.05) is 13.2 Å². The molecule has 0 spiro atoms. The van der Waals surface area contributed by atoms with Crippen molar-refractivity contribution in [2.45, 2.75) is 277 Å². The van der Waals surface area contributed by atoms with E-state index in [9.17, 15) is 14.4 Å². The quantitative estimate of drug-likeness (QED) is 0.0262. The van der Waals surface area contributed by atoms with Crippen LogP contribution in [0.2, 0.25) is 0 Å². The molecule has 0 aromatic carbocycles. The Balaban J connectivity index is 4.32. The Bertz CT molecular complexity index is 1400. The molecule has 70 heavy (non-hydrogen) atoms. The number of carbonyl (C=O) groups is 3. The van der Waals surface area contributed by atoms with Crippen LogP contribution in [0.25, 0.3) is 0 Å². The van der Waals surface area contributed by atoms with E-state index in [1.54, 1.807) is 0 Å². The molecule has 6 nitrogen and oxygen atoms in total. The first-order valence-electron chi connectivity index (χ1n) is 29.2. The van der Waals surface area contributed by atoms with Gasteiger partial charge in [0.15, 0.2) is 6.10 Å². The normalized spacial score (nSPS) is 12.8. The maximum absolute atomic E-state index is 12.8. The van der Waals surface area contributed by atoms with E-state index in [1.165, 1.54) is 122 Å². The van der Waals surface area contributed by atoms with Crippen LogP contribution in [0.15, 0.2) is 97.2 Å². The number of esters is 3. The second-order valence-electron chi connectivity index (χ2n) is 19.1. The maximum atomic E-state index is 12.8. The third-order valence-electron chi connectivity index (χ3n) is 12.3. The lowest BCUT2D eigenvalue weighted by atomic mass is 10.0. The van der Waals surface area contributed by atoms with Gasteiger partial charge in [0.05, 0.1) is 0 Å². The highest BCUT2D eigenvalue weighted by Gasteiger charge is 2.19. The van der Waals surface area contributed by atoms with Crippen LogP contribution in [-0.2, 0) is 28.6 Å². The van der Waals surface area contributed by atoms with Crippen molar-refractivity contribution in [1.29, 1.82) is 0 Å². The predicted molar refractivity (Wildman–Crippen MR) is 302 cm³/mol. The molecule has 0 aliphatic carbocycles. The van der Waals surface area contributed by atoms with Gasteiger partial charge in [-0.15, -0.1) is 0 Å². The number of allylic oxidation sites excluding steroid dienone is 16. The number of hydrogen-bond donors (Lipinski definition) is 0. The van der Waals surface area contributed by atoms with Crippen LogP contribution in [-0.4, -0.2) is 37.2 Å². The van der Waals surface area contributed by atoms with Gasteiger partial charge in [-0.05, 0) is 96.3 Å². The summed E-state index contributed by atoms with van der Waals surface area (Å²) in [4.78, 5) is 38.1. The lowest BCUT2D eigenvalue weighted by Crippen LogP contribution is -2.30. The van der Waals surface area contributed by atoms with E-state index < -0.39 is 6.10 Å². The highest BCUT2D eigenvalue weighted by atomic mass is 16.6. The average Bonchev–Trinajstić information content (AvgIpc) is 3.36. The molecule has 0 saturated heterocycles. The van der Waals surface area contributed by atoms with Crippen molar-refractivity contribution in [3.8, 4) is 0 Å². The SMILES string of the molecule is CC/C=C\C/C=C\C/C=C\C/C=C\CCCCCCCCCCCCCCC(=O)OCC(COC(=O)CCCCCCCCCCCCCC)OC(=O)CCCC/C=C\C/C=C\C/C=C\C/C=C\CC. The predicted octanol–water partition coefficient (Wildman–Crippen LogP) is 19.7. The second-order valence-corrected chi connectivity index (χ2v) is 19.1. The molecular formula is C64H108O6. The van der Waals surface area contributed by atoms with E-state index in [4.69, 9.17) is 14.2 Å². The number of ether oxygens (including phenoxy) is 3. The molecule has 0 N–H and O–H groups in total. The van der Waals surface area contributed by atoms with Gasteiger partial charge in [-0.3, -0.25) is 14.4 Å². The molecule has 1 unspecified atom stereocenters. The summed E-state index contributed by atoms with van der Waals surface area (Å²) in [6.07, 6.45) is 76.9. The minimum atomic E-state index is -0.798. The Kier molecular flexibility index (Phi) is 54.9. The van der Waals surface area contributed by atoms with Gasteiger partial charge in [-0.25, -0.2) is 0 Å². The highest BCUT2D eigenvalue weighted by molar-refractivity contribution is 5.71. The first-order valence-corrected chi connectivity index (χ1v) is 29.2. The number of hydrogen-bond acceptors (Lipinski definition) is 6. The van der Waals surface area contributed by atoms with Crippen LogP contribution in [0, 0.1) is 0 Å². The molecule has 0 aliphatic rings. The minimum Gasteiger partial charge on any atom is -0.462 e. The molecule has 0 rings (SSSR count). The van der Waals surface area contributed by atoms with E-state index >= 15 is 0 Å². The smallest absolute Gasteiger partial charge is 0.306 e. The fourth-order valence-electron chi connectivity index (χ4n) is 8.01. The van der Waals surface area contributed by atoms with Gasteiger partial charge in [-0.1, -0.05) is 253 Å². The number of rotatable bonds is 52. The lowest BCUT2D eigenvalue weighted by molar-refractivity contribution is -0.167. The molecule has 0 bridgehead atoms. The summed E-state index contributed by atoms with van der Waals surface area (Å²) in [5.41, 5.74) is 0. The molecule has 0 heterocycles. The van der Waals surface area contributed by atoms with Crippen molar-refractivity contribution >= 4 is 17.9 Å². The van der Waals surface area contributed by atoms with Gasteiger partial charge in [-0.2, -0.15) is 0 Å². The maximum Gasteiger partial charge on any atom is 0.306 e. The van der Waals surface area contributed by atoms with Crippen molar-refractivity contribution < 1.29 is 28.6 Å². The molecule has 0 aromatic rings. The third kappa shape index (κ3) is 55.3. The molecule has 6 heteroatoms. The average molecular weight is 974 g/mol. The third-order valence-corrected chi connectivity index (χ3v) is 12.3.